The fraction of sp³-hybridized carbons (Fsp3) is 0.292. The Bertz CT molecular complexity index is 1150. The van der Waals surface area contributed by atoms with Crippen LogP contribution in [-0.4, -0.2) is 46.2 Å². The van der Waals surface area contributed by atoms with E-state index in [0.717, 1.165) is 0 Å². The maximum atomic E-state index is 13.1. The summed E-state index contributed by atoms with van der Waals surface area (Å²) >= 11 is 0. The van der Waals surface area contributed by atoms with Gasteiger partial charge < -0.3 is 14.6 Å². The molecule has 7 nitrogen and oxygen atoms in total. The van der Waals surface area contributed by atoms with Crippen LogP contribution in [0.3, 0.4) is 0 Å². The van der Waals surface area contributed by atoms with Gasteiger partial charge in [-0.25, -0.2) is 13.8 Å². The van der Waals surface area contributed by atoms with Crippen molar-refractivity contribution in [2.75, 3.05) is 18.1 Å². The van der Waals surface area contributed by atoms with Gasteiger partial charge in [0.05, 0.1) is 24.0 Å². The Morgan fingerprint density at radius 3 is 2.58 bits per heavy atom. The third-order valence-electron chi connectivity index (χ3n) is 4.94. The fourth-order valence-corrected chi connectivity index (χ4v) is 3.46. The minimum Gasteiger partial charge on any atom is -0.489 e. The van der Waals surface area contributed by atoms with Crippen molar-refractivity contribution in [1.29, 1.82) is 0 Å². The number of nitrogens with zero attached hydrogens (tertiary/aromatic N) is 3. The Morgan fingerprint density at radius 2 is 1.88 bits per heavy atom. The molecule has 1 aliphatic rings. The molecule has 1 aliphatic heterocycles. The predicted octanol–water partition coefficient (Wildman–Crippen LogP) is 4.10. The highest BCUT2D eigenvalue weighted by Gasteiger charge is 2.32. The molecular formula is C24H23F2N3O4. The third-order valence-corrected chi connectivity index (χ3v) is 4.94. The second kappa shape index (κ2) is 9.11. The molecular weight excluding hydrogens is 432 g/mol. The first kappa shape index (κ1) is 22.6. The second-order valence-corrected chi connectivity index (χ2v) is 8.23. The lowest BCUT2D eigenvalue weighted by atomic mass is 10.0. The van der Waals surface area contributed by atoms with Crippen LogP contribution in [0.5, 0.6) is 11.5 Å². The molecule has 0 atom stereocenters. The van der Waals surface area contributed by atoms with E-state index in [-0.39, 0.29) is 24.8 Å². The van der Waals surface area contributed by atoms with Crippen molar-refractivity contribution in [3.8, 4) is 22.8 Å². The van der Waals surface area contributed by atoms with E-state index in [1.807, 2.05) is 0 Å². The van der Waals surface area contributed by atoms with E-state index < -0.39 is 18.6 Å². The number of rotatable bonds is 8. The molecule has 1 aromatic carbocycles. The summed E-state index contributed by atoms with van der Waals surface area (Å²) in [5, 5.41) is 9.79. The number of alkyl halides is 2. The molecule has 0 saturated carbocycles. The molecule has 9 heteroatoms. The summed E-state index contributed by atoms with van der Waals surface area (Å²) in [6.07, 6.45) is 0.399. The van der Waals surface area contributed by atoms with Crippen LogP contribution in [-0.2, 0) is 6.54 Å². The number of halogens is 2. The predicted molar refractivity (Wildman–Crippen MR) is 118 cm³/mol. The number of amides is 1. The number of hydrogen-bond acceptors (Lipinski definition) is 6. The molecule has 3 heterocycles. The molecule has 4 rings (SSSR count). The lowest BCUT2D eigenvalue weighted by Gasteiger charge is -2.18. The molecule has 0 saturated heterocycles. The zero-order chi connectivity index (χ0) is 23.6. The summed E-state index contributed by atoms with van der Waals surface area (Å²) in [7, 11) is 0. The maximum Gasteiger partial charge on any atom is 0.272 e. The Kier molecular flexibility index (Phi) is 6.24. The number of anilines is 1. The fourth-order valence-electron chi connectivity index (χ4n) is 3.46. The summed E-state index contributed by atoms with van der Waals surface area (Å²) in [6.45, 7) is 2.86. The number of para-hydroxylation sites is 1. The van der Waals surface area contributed by atoms with Crippen molar-refractivity contribution in [2.24, 2.45) is 0 Å². The summed E-state index contributed by atoms with van der Waals surface area (Å²) < 4.78 is 36.2. The van der Waals surface area contributed by atoms with Gasteiger partial charge in [-0.3, -0.25) is 14.7 Å². The topological polar surface area (TPSA) is 84.8 Å². The van der Waals surface area contributed by atoms with Crippen molar-refractivity contribution in [3.05, 3.63) is 66.0 Å². The first-order valence-electron chi connectivity index (χ1n) is 10.3. The van der Waals surface area contributed by atoms with E-state index >= 15 is 0 Å². The number of ether oxygens (including phenoxy) is 2. The molecule has 0 bridgehead atoms. The molecule has 3 aromatic rings. The van der Waals surface area contributed by atoms with Crippen molar-refractivity contribution < 1.29 is 28.2 Å². The molecule has 2 aromatic heterocycles. The van der Waals surface area contributed by atoms with Crippen LogP contribution in [0.1, 0.15) is 29.8 Å². The third kappa shape index (κ3) is 5.09. The standard InChI is InChI=1S/C24H23F2N3O4/c1-24(2,31)14-33-15-7-8-21(28-11-15)29-12-18-16(23(29)30)9-10-27-22(18)17-5-3-4-6-19(17)32-13-20(25)26/h3-11,20,31H,12-14H2,1-2H3. The van der Waals surface area contributed by atoms with Gasteiger partial charge in [-0.15, -0.1) is 0 Å². The highest BCUT2D eigenvalue weighted by atomic mass is 19.3. The largest absolute Gasteiger partial charge is 0.489 e. The number of aromatic nitrogens is 2. The van der Waals surface area contributed by atoms with Gasteiger partial charge in [0.2, 0.25) is 0 Å². The maximum absolute atomic E-state index is 13.1. The summed E-state index contributed by atoms with van der Waals surface area (Å²) in [4.78, 5) is 23.4. The SMILES string of the molecule is CC(C)(O)COc1ccc(N2Cc3c(ccnc3-c3ccccc3OCC(F)F)C2=O)nc1. The Morgan fingerprint density at radius 1 is 1.09 bits per heavy atom. The zero-order valence-corrected chi connectivity index (χ0v) is 18.2. The van der Waals surface area contributed by atoms with Crippen LogP contribution in [0.15, 0.2) is 54.9 Å². The summed E-state index contributed by atoms with van der Waals surface area (Å²) in [5.74, 6) is 0.936. The lowest BCUT2D eigenvalue weighted by Crippen LogP contribution is -2.28. The quantitative estimate of drug-likeness (QED) is 0.551. The number of aliphatic hydroxyl groups is 1. The number of carbonyl (C=O) groups is 1. The number of benzene rings is 1. The Labute approximate surface area is 189 Å². The Balaban J connectivity index is 1.60. The van der Waals surface area contributed by atoms with Crippen LogP contribution in [0.4, 0.5) is 14.6 Å². The van der Waals surface area contributed by atoms with E-state index in [1.54, 1.807) is 56.3 Å². The average Bonchev–Trinajstić information content (AvgIpc) is 3.13. The van der Waals surface area contributed by atoms with Crippen LogP contribution >= 0.6 is 0 Å². The smallest absolute Gasteiger partial charge is 0.272 e. The number of hydrogen-bond donors (Lipinski definition) is 1. The molecule has 0 aliphatic carbocycles. The zero-order valence-electron chi connectivity index (χ0n) is 18.2. The minimum atomic E-state index is -2.61. The number of carbonyl (C=O) groups excluding carboxylic acids is 1. The monoisotopic (exact) mass is 455 g/mol. The van der Waals surface area contributed by atoms with Gasteiger partial charge in [-0.05, 0) is 44.2 Å². The highest BCUT2D eigenvalue weighted by Crippen LogP contribution is 2.37. The van der Waals surface area contributed by atoms with E-state index in [1.165, 1.54) is 17.3 Å². The van der Waals surface area contributed by atoms with Gasteiger partial charge in [0.1, 0.15) is 30.5 Å². The van der Waals surface area contributed by atoms with E-state index in [4.69, 9.17) is 9.47 Å². The first-order valence-corrected chi connectivity index (χ1v) is 10.3. The molecule has 1 amide bonds. The van der Waals surface area contributed by atoms with E-state index in [9.17, 15) is 18.7 Å². The molecule has 33 heavy (non-hydrogen) atoms. The van der Waals surface area contributed by atoms with Crippen molar-refractivity contribution in [3.63, 3.8) is 0 Å². The Hall–Kier alpha value is -3.59. The van der Waals surface area contributed by atoms with Gasteiger partial charge in [-0.1, -0.05) is 12.1 Å². The van der Waals surface area contributed by atoms with Crippen LogP contribution in [0.25, 0.3) is 11.3 Å². The molecule has 0 fully saturated rings. The van der Waals surface area contributed by atoms with Gasteiger partial charge in [-0.2, -0.15) is 0 Å². The normalized spacial score (nSPS) is 13.4. The molecule has 0 spiro atoms. The van der Waals surface area contributed by atoms with E-state index in [2.05, 4.69) is 9.97 Å². The van der Waals surface area contributed by atoms with Crippen LogP contribution in [0, 0.1) is 0 Å². The lowest BCUT2D eigenvalue weighted by molar-refractivity contribution is 0.0284. The van der Waals surface area contributed by atoms with Crippen LogP contribution in [0.2, 0.25) is 0 Å². The molecule has 0 unspecified atom stereocenters. The minimum absolute atomic E-state index is 0.101. The van der Waals surface area contributed by atoms with Crippen molar-refractivity contribution in [2.45, 2.75) is 32.4 Å². The number of fused-ring (bicyclic) bond motifs is 1. The van der Waals surface area contributed by atoms with Crippen LogP contribution < -0.4 is 14.4 Å². The molecule has 1 N–H and O–H groups in total. The second-order valence-electron chi connectivity index (χ2n) is 8.23. The average molecular weight is 455 g/mol. The summed E-state index contributed by atoms with van der Waals surface area (Å²) in [5.41, 5.74) is 1.18. The molecule has 0 radical (unpaired) electrons. The summed E-state index contributed by atoms with van der Waals surface area (Å²) in [6, 6.07) is 11.7. The van der Waals surface area contributed by atoms with Crippen molar-refractivity contribution >= 4 is 11.7 Å². The first-order chi connectivity index (χ1) is 15.7. The van der Waals surface area contributed by atoms with Gasteiger partial charge >= 0.3 is 0 Å². The van der Waals surface area contributed by atoms with Crippen molar-refractivity contribution in [1.82, 2.24) is 9.97 Å². The van der Waals surface area contributed by atoms with E-state index in [0.29, 0.717) is 34.0 Å². The van der Waals surface area contributed by atoms with Gasteiger partial charge in [0, 0.05) is 22.9 Å². The number of pyridine rings is 2. The highest BCUT2D eigenvalue weighted by molar-refractivity contribution is 6.10. The molecule has 172 valence electrons. The van der Waals surface area contributed by atoms with Gasteiger partial charge in [0.25, 0.3) is 12.3 Å². The van der Waals surface area contributed by atoms with Gasteiger partial charge in [0.15, 0.2) is 0 Å².